The first-order valence-electron chi connectivity index (χ1n) is 9.63. The van der Waals surface area contributed by atoms with E-state index < -0.39 is 0 Å². The van der Waals surface area contributed by atoms with Crippen LogP contribution < -0.4 is 4.90 Å². The summed E-state index contributed by atoms with van der Waals surface area (Å²) in [5.41, 5.74) is 2.64. The quantitative estimate of drug-likeness (QED) is 0.688. The average molecular weight is 376 g/mol. The molecule has 144 valence electrons. The number of rotatable bonds is 5. The van der Waals surface area contributed by atoms with E-state index in [2.05, 4.69) is 0 Å². The summed E-state index contributed by atoms with van der Waals surface area (Å²) in [4.78, 5) is 33.6. The molecule has 2 heterocycles. The maximum absolute atomic E-state index is 13.0. The number of likely N-dealkylation sites (N-methyl/N-ethyl adjacent to an activating group) is 2. The molecule has 0 saturated carbocycles. The molecular formula is C22H24N4O2. The van der Waals surface area contributed by atoms with Crippen molar-refractivity contribution in [2.45, 2.75) is 25.8 Å². The molecule has 1 saturated heterocycles. The third-order valence-corrected chi connectivity index (χ3v) is 5.46. The van der Waals surface area contributed by atoms with Crippen LogP contribution in [0.5, 0.6) is 0 Å². The van der Waals surface area contributed by atoms with Crippen molar-refractivity contribution in [1.29, 1.82) is 0 Å². The fourth-order valence-electron chi connectivity index (χ4n) is 3.86. The molecule has 28 heavy (non-hydrogen) atoms. The number of amides is 2. The summed E-state index contributed by atoms with van der Waals surface area (Å²) in [5, 5.41) is 0. The molecule has 0 radical (unpaired) electrons. The highest BCUT2D eigenvalue weighted by Gasteiger charge is 2.33. The van der Waals surface area contributed by atoms with Crippen molar-refractivity contribution in [3.8, 4) is 0 Å². The second-order valence-electron chi connectivity index (χ2n) is 7.17. The van der Waals surface area contributed by atoms with E-state index in [4.69, 9.17) is 4.98 Å². The Kier molecular flexibility index (Phi) is 4.86. The van der Waals surface area contributed by atoms with Crippen molar-refractivity contribution in [3.05, 3.63) is 60.4 Å². The zero-order valence-corrected chi connectivity index (χ0v) is 16.2. The van der Waals surface area contributed by atoms with Crippen molar-refractivity contribution >= 4 is 28.5 Å². The molecule has 1 aromatic heterocycles. The Morgan fingerprint density at radius 1 is 1.14 bits per heavy atom. The predicted octanol–water partition coefficient (Wildman–Crippen LogP) is 3.04. The summed E-state index contributed by atoms with van der Waals surface area (Å²) in [5.74, 6) is 0.959. The Labute approximate surface area is 164 Å². The molecule has 1 fully saturated rings. The molecule has 0 bridgehead atoms. The number of benzene rings is 2. The van der Waals surface area contributed by atoms with E-state index in [1.54, 1.807) is 11.9 Å². The third kappa shape index (κ3) is 3.26. The van der Waals surface area contributed by atoms with E-state index in [1.807, 2.05) is 71.0 Å². The Morgan fingerprint density at radius 3 is 2.57 bits per heavy atom. The molecule has 1 aliphatic heterocycles. The summed E-state index contributed by atoms with van der Waals surface area (Å²) in [6.45, 7) is 3.53. The molecule has 4 rings (SSSR count). The van der Waals surface area contributed by atoms with Crippen molar-refractivity contribution in [2.75, 3.05) is 25.0 Å². The normalized spacial score (nSPS) is 16.7. The van der Waals surface area contributed by atoms with E-state index in [9.17, 15) is 9.59 Å². The molecule has 0 aliphatic carbocycles. The van der Waals surface area contributed by atoms with Gasteiger partial charge >= 0.3 is 0 Å². The van der Waals surface area contributed by atoms with E-state index in [1.165, 1.54) is 0 Å². The van der Waals surface area contributed by atoms with Gasteiger partial charge in [-0.3, -0.25) is 9.59 Å². The average Bonchev–Trinajstić information content (AvgIpc) is 3.28. The van der Waals surface area contributed by atoms with Crippen LogP contribution in [0.3, 0.4) is 0 Å². The van der Waals surface area contributed by atoms with E-state index in [0.29, 0.717) is 19.5 Å². The molecule has 2 amide bonds. The molecule has 3 aromatic rings. The van der Waals surface area contributed by atoms with Gasteiger partial charge in [0.2, 0.25) is 11.8 Å². The second-order valence-corrected chi connectivity index (χ2v) is 7.17. The van der Waals surface area contributed by atoms with Crippen LogP contribution in [0.15, 0.2) is 54.6 Å². The number of carbonyl (C=O) groups excluding carboxylic acids is 2. The lowest BCUT2D eigenvalue weighted by molar-refractivity contribution is -0.127. The fourth-order valence-corrected chi connectivity index (χ4v) is 3.86. The van der Waals surface area contributed by atoms with Gasteiger partial charge in [0.15, 0.2) is 0 Å². The standard InChI is InChI=1S/C22H24N4O2/c1-3-25-14-16(13-20(25)27)22-23-18-11-7-8-12-19(18)26(22)15-21(28)24(2)17-9-5-4-6-10-17/h4-12,16H,3,13-15H2,1-2H3. The van der Waals surface area contributed by atoms with Crippen LogP contribution in [0.25, 0.3) is 11.0 Å². The van der Waals surface area contributed by atoms with Gasteiger partial charge in [0.1, 0.15) is 12.4 Å². The number of hydrogen-bond acceptors (Lipinski definition) is 3. The minimum atomic E-state index is -0.0210. The molecule has 0 N–H and O–H groups in total. The van der Waals surface area contributed by atoms with Crippen LogP contribution in [-0.4, -0.2) is 46.4 Å². The highest BCUT2D eigenvalue weighted by Crippen LogP contribution is 2.30. The topological polar surface area (TPSA) is 58.4 Å². The minimum absolute atomic E-state index is 0.00896. The van der Waals surface area contributed by atoms with Gasteiger partial charge < -0.3 is 14.4 Å². The summed E-state index contributed by atoms with van der Waals surface area (Å²) in [7, 11) is 1.79. The number of aromatic nitrogens is 2. The highest BCUT2D eigenvalue weighted by atomic mass is 16.2. The van der Waals surface area contributed by atoms with Crippen molar-refractivity contribution < 1.29 is 9.59 Å². The summed E-state index contributed by atoms with van der Waals surface area (Å²) < 4.78 is 1.98. The van der Waals surface area contributed by atoms with Gasteiger partial charge in [0.05, 0.1) is 11.0 Å². The van der Waals surface area contributed by atoms with Gasteiger partial charge in [-0.1, -0.05) is 30.3 Å². The smallest absolute Gasteiger partial charge is 0.246 e. The molecular weight excluding hydrogens is 352 g/mol. The molecule has 0 spiro atoms. The first kappa shape index (κ1) is 18.2. The molecule has 6 nitrogen and oxygen atoms in total. The number of imidazole rings is 1. The lowest BCUT2D eigenvalue weighted by atomic mass is 10.1. The van der Waals surface area contributed by atoms with Crippen LogP contribution in [0.2, 0.25) is 0 Å². The van der Waals surface area contributed by atoms with Gasteiger partial charge in [-0.05, 0) is 31.2 Å². The Balaban J connectivity index is 1.68. The number of anilines is 1. The second kappa shape index (κ2) is 7.46. The molecule has 1 aliphatic rings. The Morgan fingerprint density at radius 2 is 1.86 bits per heavy atom. The summed E-state index contributed by atoms with van der Waals surface area (Å²) in [6, 6.07) is 17.4. The minimum Gasteiger partial charge on any atom is -0.342 e. The molecule has 1 unspecified atom stereocenters. The predicted molar refractivity (Wildman–Crippen MR) is 109 cm³/mol. The lowest BCUT2D eigenvalue weighted by Crippen LogP contribution is -2.31. The zero-order valence-electron chi connectivity index (χ0n) is 16.2. The summed E-state index contributed by atoms with van der Waals surface area (Å²) in [6.07, 6.45) is 0.444. The number of fused-ring (bicyclic) bond motifs is 1. The Hall–Kier alpha value is -3.15. The highest BCUT2D eigenvalue weighted by molar-refractivity contribution is 5.93. The number of nitrogens with zero attached hydrogens (tertiary/aromatic N) is 4. The number of para-hydroxylation sites is 3. The van der Waals surface area contributed by atoms with Gasteiger partial charge in [0, 0.05) is 38.2 Å². The third-order valence-electron chi connectivity index (χ3n) is 5.46. The number of hydrogen-bond donors (Lipinski definition) is 0. The first-order valence-corrected chi connectivity index (χ1v) is 9.63. The number of carbonyl (C=O) groups is 2. The van der Waals surface area contributed by atoms with Gasteiger partial charge in [-0.2, -0.15) is 0 Å². The Bertz CT molecular complexity index is 1010. The van der Waals surface area contributed by atoms with Gasteiger partial charge in [-0.25, -0.2) is 4.98 Å². The van der Waals surface area contributed by atoms with Crippen LogP contribution >= 0.6 is 0 Å². The van der Waals surface area contributed by atoms with Crippen LogP contribution in [-0.2, 0) is 16.1 Å². The van der Waals surface area contributed by atoms with Gasteiger partial charge in [-0.15, -0.1) is 0 Å². The van der Waals surface area contributed by atoms with E-state index in [-0.39, 0.29) is 24.3 Å². The lowest BCUT2D eigenvalue weighted by Gasteiger charge is -2.20. The monoisotopic (exact) mass is 376 g/mol. The van der Waals surface area contributed by atoms with E-state index >= 15 is 0 Å². The SMILES string of the molecule is CCN1CC(c2nc3ccccc3n2CC(=O)N(C)c2ccccc2)CC1=O. The van der Waals surface area contributed by atoms with Crippen molar-refractivity contribution in [1.82, 2.24) is 14.5 Å². The largest absolute Gasteiger partial charge is 0.342 e. The van der Waals surface area contributed by atoms with Crippen molar-refractivity contribution in [3.63, 3.8) is 0 Å². The van der Waals surface area contributed by atoms with Crippen LogP contribution in [0.1, 0.15) is 25.1 Å². The molecule has 6 heteroatoms. The van der Waals surface area contributed by atoms with E-state index in [0.717, 1.165) is 22.5 Å². The van der Waals surface area contributed by atoms with Crippen LogP contribution in [0, 0.1) is 0 Å². The fraction of sp³-hybridized carbons (Fsp3) is 0.318. The molecule has 1 atom stereocenters. The molecule has 2 aromatic carbocycles. The maximum Gasteiger partial charge on any atom is 0.246 e. The maximum atomic E-state index is 13.0. The zero-order chi connectivity index (χ0) is 19.7. The van der Waals surface area contributed by atoms with Gasteiger partial charge in [0.25, 0.3) is 0 Å². The first-order chi connectivity index (χ1) is 13.6. The number of likely N-dealkylation sites (tertiary alicyclic amines) is 1. The summed E-state index contributed by atoms with van der Waals surface area (Å²) >= 11 is 0. The van der Waals surface area contributed by atoms with Crippen molar-refractivity contribution in [2.24, 2.45) is 0 Å². The van der Waals surface area contributed by atoms with Crippen LogP contribution in [0.4, 0.5) is 5.69 Å².